The summed E-state index contributed by atoms with van der Waals surface area (Å²) >= 11 is 5.79. The van der Waals surface area contributed by atoms with Gasteiger partial charge in [0.2, 0.25) is 0 Å². The maximum atomic E-state index is 12.1. The van der Waals surface area contributed by atoms with Crippen LogP contribution in [-0.4, -0.2) is 76.8 Å². The van der Waals surface area contributed by atoms with Crippen molar-refractivity contribution in [3.63, 3.8) is 0 Å². The summed E-state index contributed by atoms with van der Waals surface area (Å²) in [6.07, 6.45) is 9.68. The van der Waals surface area contributed by atoms with Crippen LogP contribution in [0.5, 0.6) is 0 Å². The smallest absolute Gasteiger partial charge is 0.409 e. The summed E-state index contributed by atoms with van der Waals surface area (Å²) in [5, 5.41) is 0.689. The normalized spacial score (nSPS) is 20.0. The number of piperidine rings is 3. The maximum Gasteiger partial charge on any atom is 0.409 e. The first-order chi connectivity index (χ1) is 18.1. The zero-order chi connectivity index (χ0) is 26.3. The highest BCUT2D eigenvalue weighted by atomic mass is 35.5. The van der Waals surface area contributed by atoms with Crippen LogP contribution in [0.25, 0.3) is 0 Å². The molecular weight excluding hydrogens is 506 g/mol. The third kappa shape index (κ3) is 10.4. The molecule has 3 saturated heterocycles. The molecule has 0 aliphatic carbocycles. The van der Waals surface area contributed by atoms with Crippen LogP contribution in [0.4, 0.5) is 4.79 Å². The summed E-state index contributed by atoms with van der Waals surface area (Å²) in [6, 6.07) is 20.0. The van der Waals surface area contributed by atoms with Gasteiger partial charge in [0.05, 0.1) is 12.0 Å². The third-order valence-corrected chi connectivity index (χ3v) is 8.80. The summed E-state index contributed by atoms with van der Waals surface area (Å²) in [4.78, 5) is 16.6. The number of methoxy groups -OCH3 is 1. The fourth-order valence-corrected chi connectivity index (χ4v) is 6.32. The van der Waals surface area contributed by atoms with Crippen LogP contribution in [0.3, 0.4) is 0 Å². The van der Waals surface area contributed by atoms with Crippen molar-refractivity contribution in [2.45, 2.75) is 62.3 Å². The van der Waals surface area contributed by atoms with E-state index in [1.165, 1.54) is 45.9 Å². The van der Waals surface area contributed by atoms with E-state index in [-0.39, 0.29) is 6.09 Å². The fraction of sp³-hybridized carbons (Fsp3) is 0.552. The van der Waals surface area contributed by atoms with Crippen LogP contribution in [0.2, 0.25) is 5.02 Å². The second kappa shape index (κ2) is 16.8. The fourth-order valence-electron chi connectivity index (χ4n) is 4.94. The van der Waals surface area contributed by atoms with Crippen molar-refractivity contribution >= 4 is 28.7 Å². The number of hydrogen-bond donors (Lipinski definition) is 0. The Morgan fingerprint density at radius 1 is 0.784 bits per heavy atom. The van der Waals surface area contributed by atoms with E-state index in [0.29, 0.717) is 11.1 Å². The second-order valence-electron chi connectivity index (χ2n) is 9.63. The Bertz CT molecular complexity index is 885. The molecule has 6 nitrogen and oxygen atoms in total. The Kier molecular flexibility index (Phi) is 13.5. The molecule has 3 aliphatic heterocycles. The first-order valence-electron chi connectivity index (χ1n) is 13.6. The van der Waals surface area contributed by atoms with E-state index in [2.05, 4.69) is 4.90 Å². The van der Waals surface area contributed by atoms with Crippen molar-refractivity contribution in [3.05, 3.63) is 65.7 Å². The number of carbonyl (C=O) groups is 1. The van der Waals surface area contributed by atoms with E-state index < -0.39 is 11.0 Å². The Balaban J connectivity index is 0.000000169. The molecule has 2 aromatic carbocycles. The van der Waals surface area contributed by atoms with Crippen LogP contribution in [0.15, 0.2) is 65.6 Å². The van der Waals surface area contributed by atoms with E-state index in [0.717, 1.165) is 56.8 Å². The van der Waals surface area contributed by atoms with E-state index in [1.807, 2.05) is 57.7 Å². The molecule has 0 radical (unpaired) electrons. The number of ether oxygens (including phenoxy) is 1. The highest BCUT2D eigenvalue weighted by Crippen LogP contribution is 2.21. The van der Waals surface area contributed by atoms with Gasteiger partial charge in [-0.3, -0.25) is 0 Å². The second-order valence-corrected chi connectivity index (χ2v) is 11.6. The number of carbonyl (C=O) groups excluding carboxylic acids is 1. The molecule has 37 heavy (non-hydrogen) atoms. The van der Waals surface area contributed by atoms with E-state index in [9.17, 15) is 9.00 Å². The molecule has 0 aromatic heterocycles. The molecule has 1 atom stereocenters. The number of benzene rings is 2. The minimum Gasteiger partial charge on any atom is -0.453 e. The monoisotopic (exact) mass is 547 g/mol. The molecule has 3 aliphatic rings. The number of rotatable bonds is 3. The van der Waals surface area contributed by atoms with Gasteiger partial charge in [0.15, 0.2) is 0 Å². The summed E-state index contributed by atoms with van der Waals surface area (Å²) in [5.41, 5.74) is 0. The van der Waals surface area contributed by atoms with Gasteiger partial charge < -0.3 is 14.5 Å². The summed E-state index contributed by atoms with van der Waals surface area (Å²) in [7, 11) is 0.454. The van der Waals surface area contributed by atoms with Crippen molar-refractivity contribution in [1.82, 2.24) is 14.1 Å². The van der Waals surface area contributed by atoms with Crippen LogP contribution in [0, 0.1) is 0 Å². The molecule has 204 valence electrons. The topological polar surface area (TPSA) is 53.1 Å². The Morgan fingerprint density at radius 2 is 1.27 bits per heavy atom. The highest BCUT2D eigenvalue weighted by Gasteiger charge is 2.27. The van der Waals surface area contributed by atoms with Crippen LogP contribution in [-0.2, 0) is 15.7 Å². The molecule has 1 unspecified atom stereocenters. The number of likely N-dealkylation sites (tertiary alicyclic amines) is 2. The SMILES string of the molecule is COC(=O)N1CCC(N2CCCCC2)CC1.O=S(c1ccc(Cl)cc1)N1CCCCC1.c1ccccc1. The molecule has 5 rings (SSSR count). The average molecular weight is 548 g/mol. The average Bonchev–Trinajstić information content (AvgIpc) is 2.99. The van der Waals surface area contributed by atoms with E-state index >= 15 is 0 Å². The van der Waals surface area contributed by atoms with Crippen molar-refractivity contribution in [2.75, 3.05) is 46.4 Å². The zero-order valence-corrected chi connectivity index (χ0v) is 23.7. The first kappa shape index (κ1) is 29.6. The Hall–Kier alpha value is -1.93. The quantitative estimate of drug-likeness (QED) is 0.456. The number of amides is 1. The maximum absolute atomic E-state index is 12.1. The van der Waals surface area contributed by atoms with Crippen molar-refractivity contribution < 1.29 is 13.7 Å². The summed E-state index contributed by atoms with van der Waals surface area (Å²) in [5.74, 6) is 0. The van der Waals surface area contributed by atoms with Crippen LogP contribution < -0.4 is 0 Å². The van der Waals surface area contributed by atoms with Gasteiger partial charge in [-0.1, -0.05) is 60.8 Å². The Labute approximate surface area is 230 Å². The van der Waals surface area contributed by atoms with Gasteiger partial charge in [-0.25, -0.2) is 13.3 Å². The minimum absolute atomic E-state index is 0.169. The van der Waals surface area contributed by atoms with Gasteiger partial charge >= 0.3 is 6.09 Å². The summed E-state index contributed by atoms with van der Waals surface area (Å²) in [6.45, 7) is 6.10. The lowest BCUT2D eigenvalue weighted by molar-refractivity contribution is 0.0763. The molecule has 2 aromatic rings. The van der Waals surface area contributed by atoms with Gasteiger partial charge in [0.1, 0.15) is 11.0 Å². The lowest BCUT2D eigenvalue weighted by Crippen LogP contribution is -2.48. The highest BCUT2D eigenvalue weighted by molar-refractivity contribution is 7.82. The van der Waals surface area contributed by atoms with Crippen LogP contribution in [0.1, 0.15) is 51.4 Å². The lowest BCUT2D eigenvalue weighted by atomic mass is 10.0. The van der Waals surface area contributed by atoms with Gasteiger partial charge in [0.25, 0.3) is 0 Å². The lowest BCUT2D eigenvalue weighted by Gasteiger charge is -2.39. The predicted molar refractivity (Wildman–Crippen MR) is 152 cm³/mol. The molecule has 0 spiro atoms. The molecule has 8 heteroatoms. The van der Waals surface area contributed by atoms with Gasteiger partial charge in [-0.05, 0) is 75.9 Å². The minimum atomic E-state index is -1.00. The Morgan fingerprint density at radius 3 is 1.76 bits per heavy atom. The van der Waals surface area contributed by atoms with Gasteiger partial charge in [-0.2, -0.15) is 0 Å². The van der Waals surface area contributed by atoms with Gasteiger partial charge in [0, 0.05) is 37.2 Å². The van der Waals surface area contributed by atoms with Crippen molar-refractivity contribution in [3.8, 4) is 0 Å². The number of hydrogen-bond acceptors (Lipinski definition) is 4. The number of halogens is 1. The first-order valence-corrected chi connectivity index (χ1v) is 15.1. The van der Waals surface area contributed by atoms with Crippen LogP contribution >= 0.6 is 11.6 Å². The van der Waals surface area contributed by atoms with Gasteiger partial charge in [-0.15, -0.1) is 0 Å². The molecule has 1 amide bonds. The molecule has 0 saturated carbocycles. The van der Waals surface area contributed by atoms with E-state index in [1.54, 1.807) is 12.1 Å². The zero-order valence-electron chi connectivity index (χ0n) is 22.1. The molecule has 3 fully saturated rings. The third-order valence-electron chi connectivity index (χ3n) is 7.04. The molecular formula is C29H42ClN3O3S. The predicted octanol–water partition coefficient (Wildman–Crippen LogP) is 6.24. The van der Waals surface area contributed by atoms with Crippen molar-refractivity contribution in [2.24, 2.45) is 0 Å². The standard InChI is InChI=1S/C12H22N2O2.C11H14ClNOS.C6H6/c1-16-12(15)14-9-5-11(6-10-14)13-7-3-2-4-8-13;12-10-4-6-11(7-5-10)15(14)13-8-2-1-3-9-13;1-2-4-6-5-3-1/h11H,2-10H2,1H3;4-7H,1-3,8-9H2;1-6H. The number of nitrogens with zero attached hydrogens (tertiary/aromatic N) is 3. The molecule has 0 N–H and O–H groups in total. The summed E-state index contributed by atoms with van der Waals surface area (Å²) < 4.78 is 18.9. The molecule has 0 bridgehead atoms. The molecule has 3 heterocycles. The van der Waals surface area contributed by atoms with Crippen molar-refractivity contribution in [1.29, 1.82) is 0 Å². The largest absolute Gasteiger partial charge is 0.453 e. The van der Waals surface area contributed by atoms with E-state index in [4.69, 9.17) is 16.3 Å².